The molecule has 1 aromatic rings. The van der Waals surface area contributed by atoms with E-state index in [1.54, 1.807) is 25.1 Å². The van der Waals surface area contributed by atoms with Crippen molar-refractivity contribution in [2.24, 2.45) is 0 Å². The molecule has 1 aromatic carbocycles. The molecule has 20 heavy (non-hydrogen) atoms. The van der Waals surface area contributed by atoms with Gasteiger partial charge in [-0.05, 0) is 32.4 Å². The highest BCUT2D eigenvalue weighted by Crippen LogP contribution is 2.10. The second-order valence-corrected chi connectivity index (χ2v) is 6.26. The fourth-order valence-corrected chi connectivity index (χ4v) is 2.56. The average Bonchev–Trinajstić information content (AvgIpc) is 2.37. The molecule has 0 aliphatic heterocycles. The minimum absolute atomic E-state index is 0.0629. The minimum Gasteiger partial charge on any atom is -0.392 e. The zero-order chi connectivity index (χ0) is 15.2. The van der Waals surface area contributed by atoms with Gasteiger partial charge in [0.15, 0.2) is 0 Å². The van der Waals surface area contributed by atoms with Crippen LogP contribution in [0.15, 0.2) is 40.8 Å². The first-order valence-electron chi connectivity index (χ1n) is 6.24. The molecule has 0 spiro atoms. The van der Waals surface area contributed by atoms with E-state index in [-0.39, 0.29) is 17.9 Å². The Hall–Kier alpha value is -1.66. The topological polar surface area (TPSA) is 83.5 Å². The second kappa shape index (κ2) is 7.21. The molecule has 0 saturated heterocycles. The van der Waals surface area contributed by atoms with Crippen molar-refractivity contribution in [1.29, 1.82) is 0 Å². The SMILES string of the molecule is C/C(=C\CO)CCC(=O)NS(=O)(=O)c1ccc(C)cc1. The summed E-state index contributed by atoms with van der Waals surface area (Å²) in [5.74, 6) is -0.559. The lowest BCUT2D eigenvalue weighted by Crippen LogP contribution is -2.30. The number of aliphatic hydroxyl groups is 1. The van der Waals surface area contributed by atoms with Crippen molar-refractivity contribution in [1.82, 2.24) is 4.72 Å². The number of hydrogen-bond acceptors (Lipinski definition) is 4. The zero-order valence-corrected chi connectivity index (χ0v) is 12.4. The molecule has 5 nitrogen and oxygen atoms in total. The standard InChI is InChI=1S/C14H19NO4S/c1-11-3-6-13(7-4-11)20(18,19)15-14(17)8-5-12(2)9-10-16/h3-4,6-7,9,16H,5,8,10H2,1-2H3,(H,15,17)/b12-9+. The first kappa shape index (κ1) is 16.4. The van der Waals surface area contributed by atoms with E-state index in [9.17, 15) is 13.2 Å². The van der Waals surface area contributed by atoms with Gasteiger partial charge in [-0.2, -0.15) is 0 Å². The van der Waals surface area contributed by atoms with Crippen LogP contribution >= 0.6 is 0 Å². The quantitative estimate of drug-likeness (QED) is 0.780. The average molecular weight is 297 g/mol. The van der Waals surface area contributed by atoms with E-state index in [1.807, 2.05) is 11.6 Å². The number of aryl methyl sites for hydroxylation is 1. The van der Waals surface area contributed by atoms with Crippen LogP contribution in [-0.2, 0) is 14.8 Å². The summed E-state index contributed by atoms with van der Waals surface area (Å²) in [4.78, 5) is 11.7. The Morgan fingerprint density at radius 1 is 1.25 bits per heavy atom. The molecule has 0 aromatic heterocycles. The van der Waals surface area contributed by atoms with Gasteiger partial charge in [0.25, 0.3) is 10.0 Å². The van der Waals surface area contributed by atoms with E-state index in [4.69, 9.17) is 5.11 Å². The second-order valence-electron chi connectivity index (χ2n) is 4.57. The van der Waals surface area contributed by atoms with Crippen LogP contribution in [0.1, 0.15) is 25.3 Å². The van der Waals surface area contributed by atoms with Gasteiger partial charge in [-0.3, -0.25) is 4.79 Å². The van der Waals surface area contributed by atoms with E-state index in [0.717, 1.165) is 11.1 Å². The molecule has 2 N–H and O–H groups in total. The number of rotatable bonds is 6. The van der Waals surface area contributed by atoms with Crippen molar-refractivity contribution in [2.75, 3.05) is 6.61 Å². The Bertz CT molecular complexity index is 588. The fraction of sp³-hybridized carbons (Fsp3) is 0.357. The molecule has 1 amide bonds. The zero-order valence-electron chi connectivity index (χ0n) is 11.6. The van der Waals surface area contributed by atoms with Gasteiger partial charge in [0.2, 0.25) is 5.91 Å². The van der Waals surface area contributed by atoms with Gasteiger partial charge in [-0.15, -0.1) is 0 Å². The van der Waals surface area contributed by atoms with E-state index in [0.29, 0.717) is 6.42 Å². The molecule has 0 unspecified atom stereocenters. The third-order valence-corrected chi connectivity index (χ3v) is 4.15. The monoisotopic (exact) mass is 297 g/mol. The van der Waals surface area contributed by atoms with Crippen LogP contribution in [0.3, 0.4) is 0 Å². The van der Waals surface area contributed by atoms with Crippen LogP contribution < -0.4 is 4.72 Å². The van der Waals surface area contributed by atoms with E-state index < -0.39 is 15.9 Å². The molecule has 0 atom stereocenters. The van der Waals surface area contributed by atoms with Crippen molar-refractivity contribution in [3.8, 4) is 0 Å². The number of hydrogen-bond donors (Lipinski definition) is 2. The summed E-state index contributed by atoms with van der Waals surface area (Å²) in [6.45, 7) is 3.54. The number of aliphatic hydroxyl groups excluding tert-OH is 1. The molecule has 0 aliphatic rings. The van der Waals surface area contributed by atoms with E-state index >= 15 is 0 Å². The van der Waals surface area contributed by atoms with Gasteiger partial charge < -0.3 is 5.11 Å². The highest BCUT2D eigenvalue weighted by atomic mass is 32.2. The first-order valence-corrected chi connectivity index (χ1v) is 7.72. The van der Waals surface area contributed by atoms with Crippen LogP contribution in [0, 0.1) is 6.92 Å². The molecular weight excluding hydrogens is 278 g/mol. The van der Waals surface area contributed by atoms with Gasteiger partial charge in [0.05, 0.1) is 11.5 Å². The van der Waals surface area contributed by atoms with Gasteiger partial charge in [-0.25, -0.2) is 13.1 Å². The normalized spacial score (nSPS) is 12.2. The molecule has 0 bridgehead atoms. The third-order valence-electron chi connectivity index (χ3n) is 2.77. The molecule has 0 radical (unpaired) electrons. The largest absolute Gasteiger partial charge is 0.392 e. The van der Waals surface area contributed by atoms with Crippen molar-refractivity contribution in [3.63, 3.8) is 0 Å². The lowest BCUT2D eigenvalue weighted by Gasteiger charge is -2.07. The number of benzene rings is 1. The van der Waals surface area contributed by atoms with Crippen LogP contribution in [0.25, 0.3) is 0 Å². The van der Waals surface area contributed by atoms with Crippen molar-refractivity contribution < 1.29 is 18.3 Å². The van der Waals surface area contributed by atoms with Crippen LogP contribution in [0.5, 0.6) is 0 Å². The number of carbonyl (C=O) groups is 1. The Morgan fingerprint density at radius 3 is 2.40 bits per heavy atom. The van der Waals surface area contributed by atoms with Crippen molar-refractivity contribution >= 4 is 15.9 Å². The summed E-state index contributed by atoms with van der Waals surface area (Å²) in [6.07, 6.45) is 2.06. The molecule has 110 valence electrons. The van der Waals surface area contributed by atoms with Crippen LogP contribution in [-0.4, -0.2) is 26.0 Å². The lowest BCUT2D eigenvalue weighted by atomic mass is 10.1. The van der Waals surface area contributed by atoms with Gasteiger partial charge in [0, 0.05) is 6.42 Å². The third kappa shape index (κ3) is 5.14. The Morgan fingerprint density at radius 2 is 1.85 bits per heavy atom. The summed E-state index contributed by atoms with van der Waals surface area (Å²) >= 11 is 0. The molecule has 0 heterocycles. The van der Waals surface area contributed by atoms with Crippen LogP contribution in [0.2, 0.25) is 0 Å². The number of allylic oxidation sites excluding steroid dienone is 1. The summed E-state index contributed by atoms with van der Waals surface area (Å²) < 4.78 is 25.9. The van der Waals surface area contributed by atoms with Crippen LogP contribution in [0.4, 0.5) is 0 Å². The highest BCUT2D eigenvalue weighted by Gasteiger charge is 2.16. The fourth-order valence-electron chi connectivity index (χ4n) is 1.55. The maximum atomic E-state index is 11.9. The van der Waals surface area contributed by atoms with Gasteiger partial charge >= 0.3 is 0 Å². The van der Waals surface area contributed by atoms with Crippen molar-refractivity contribution in [3.05, 3.63) is 41.5 Å². The maximum absolute atomic E-state index is 11.9. The maximum Gasteiger partial charge on any atom is 0.264 e. The molecular formula is C14H19NO4S. The number of nitrogens with one attached hydrogen (secondary N) is 1. The Labute approximate surface area is 119 Å². The van der Waals surface area contributed by atoms with Gasteiger partial charge in [0.1, 0.15) is 0 Å². The molecule has 6 heteroatoms. The minimum atomic E-state index is -3.80. The van der Waals surface area contributed by atoms with Crippen molar-refractivity contribution in [2.45, 2.75) is 31.6 Å². The summed E-state index contributed by atoms with van der Waals surface area (Å²) in [5.41, 5.74) is 1.79. The predicted molar refractivity (Wildman–Crippen MR) is 76.6 cm³/mol. The number of carbonyl (C=O) groups excluding carboxylic acids is 1. The number of sulfonamides is 1. The Balaban J connectivity index is 2.65. The first-order chi connectivity index (χ1) is 9.35. The highest BCUT2D eigenvalue weighted by molar-refractivity contribution is 7.90. The number of amides is 1. The molecule has 0 aliphatic carbocycles. The summed E-state index contributed by atoms with van der Waals surface area (Å²) in [7, 11) is -3.80. The molecule has 1 rings (SSSR count). The Kier molecular flexibility index (Phi) is 5.91. The molecule has 0 saturated carbocycles. The lowest BCUT2D eigenvalue weighted by molar-refractivity contribution is -0.119. The van der Waals surface area contributed by atoms with E-state index in [2.05, 4.69) is 0 Å². The molecule has 0 fully saturated rings. The smallest absolute Gasteiger partial charge is 0.264 e. The van der Waals surface area contributed by atoms with Gasteiger partial charge in [-0.1, -0.05) is 29.3 Å². The van der Waals surface area contributed by atoms with E-state index in [1.165, 1.54) is 12.1 Å². The summed E-state index contributed by atoms with van der Waals surface area (Å²) in [5, 5.41) is 8.69. The predicted octanol–water partition coefficient (Wildman–Crippen LogP) is 1.52. The summed E-state index contributed by atoms with van der Waals surface area (Å²) in [6, 6.07) is 6.27.